The number of nitrogens with one attached hydrogen (secondary N) is 1. The number of hydrogen-bond donors (Lipinski definition) is 2. The van der Waals surface area contributed by atoms with Gasteiger partial charge in [0.15, 0.2) is 0 Å². The molecule has 5 heteroatoms. The van der Waals surface area contributed by atoms with E-state index in [9.17, 15) is 4.79 Å². The van der Waals surface area contributed by atoms with E-state index in [1.807, 2.05) is 19.1 Å². The van der Waals surface area contributed by atoms with E-state index in [-0.39, 0.29) is 12.5 Å². The van der Waals surface area contributed by atoms with Gasteiger partial charge in [-0.3, -0.25) is 4.79 Å². The van der Waals surface area contributed by atoms with Crippen LogP contribution >= 0.6 is 11.6 Å². The molecule has 0 aliphatic heterocycles. The smallest absolute Gasteiger partial charge is 0.274 e. The van der Waals surface area contributed by atoms with Crippen molar-refractivity contribution in [2.24, 2.45) is 0 Å². The van der Waals surface area contributed by atoms with Crippen molar-refractivity contribution in [1.82, 2.24) is 4.98 Å². The number of amides is 1. The largest absolute Gasteiger partial charge is 0.392 e. The number of halogens is 1. The molecular formula is C14H13ClN2O2. The zero-order valence-electron chi connectivity index (χ0n) is 10.4. The zero-order chi connectivity index (χ0) is 13.8. The number of aliphatic hydroxyl groups is 1. The van der Waals surface area contributed by atoms with Crippen LogP contribution in [0.5, 0.6) is 0 Å². The first-order valence-corrected chi connectivity index (χ1v) is 6.11. The number of benzene rings is 1. The lowest BCUT2D eigenvalue weighted by molar-refractivity contribution is 0.102. The van der Waals surface area contributed by atoms with Crippen LogP contribution < -0.4 is 5.32 Å². The Kier molecular flexibility index (Phi) is 4.14. The predicted octanol–water partition coefficient (Wildman–Crippen LogP) is 2.79. The number of aryl methyl sites for hydroxylation is 1. The minimum absolute atomic E-state index is 0.0671. The van der Waals surface area contributed by atoms with Crippen molar-refractivity contribution in [2.75, 3.05) is 5.32 Å². The average Bonchev–Trinajstić information content (AvgIpc) is 2.42. The summed E-state index contributed by atoms with van der Waals surface area (Å²) in [5, 5.41) is 12.3. The first-order valence-electron chi connectivity index (χ1n) is 5.73. The summed E-state index contributed by atoms with van der Waals surface area (Å²) in [5.74, 6) is -0.310. The minimum Gasteiger partial charge on any atom is -0.392 e. The lowest BCUT2D eigenvalue weighted by Gasteiger charge is -2.09. The van der Waals surface area contributed by atoms with Crippen molar-refractivity contribution < 1.29 is 9.90 Å². The third-order valence-corrected chi connectivity index (χ3v) is 2.92. The van der Waals surface area contributed by atoms with Gasteiger partial charge in [0.05, 0.1) is 11.6 Å². The summed E-state index contributed by atoms with van der Waals surface area (Å²) in [6.45, 7) is 1.81. The first kappa shape index (κ1) is 13.5. The fraction of sp³-hybridized carbons (Fsp3) is 0.143. The van der Waals surface area contributed by atoms with Gasteiger partial charge < -0.3 is 10.4 Å². The Hall–Kier alpha value is -1.91. The third-order valence-electron chi connectivity index (χ3n) is 2.69. The van der Waals surface area contributed by atoms with Crippen LogP contribution in [0.3, 0.4) is 0 Å². The molecule has 0 atom stereocenters. The fourth-order valence-corrected chi connectivity index (χ4v) is 1.71. The summed E-state index contributed by atoms with van der Waals surface area (Å²) >= 11 is 5.72. The third kappa shape index (κ3) is 3.30. The quantitative estimate of drug-likeness (QED) is 0.906. The zero-order valence-corrected chi connectivity index (χ0v) is 11.1. The summed E-state index contributed by atoms with van der Waals surface area (Å²) < 4.78 is 0. The summed E-state index contributed by atoms with van der Waals surface area (Å²) in [5.41, 5.74) is 2.61. The summed E-state index contributed by atoms with van der Waals surface area (Å²) in [6, 6.07) is 8.56. The van der Waals surface area contributed by atoms with Gasteiger partial charge in [0.1, 0.15) is 5.69 Å². The Morgan fingerprint density at radius 3 is 2.79 bits per heavy atom. The van der Waals surface area contributed by atoms with Gasteiger partial charge in [0, 0.05) is 11.9 Å². The van der Waals surface area contributed by atoms with Crippen molar-refractivity contribution in [1.29, 1.82) is 0 Å². The second kappa shape index (κ2) is 5.82. The van der Waals surface area contributed by atoms with Crippen LogP contribution in [0.1, 0.15) is 21.6 Å². The molecule has 0 fully saturated rings. The van der Waals surface area contributed by atoms with Crippen LogP contribution in [-0.2, 0) is 6.61 Å². The number of aliphatic hydroxyl groups excluding tert-OH is 1. The van der Waals surface area contributed by atoms with E-state index in [2.05, 4.69) is 10.3 Å². The van der Waals surface area contributed by atoms with Crippen LogP contribution in [0.2, 0.25) is 5.02 Å². The summed E-state index contributed by atoms with van der Waals surface area (Å²) in [4.78, 5) is 16.0. The van der Waals surface area contributed by atoms with E-state index in [4.69, 9.17) is 16.7 Å². The SMILES string of the molecule is Cc1ccc(CO)cc1NC(=O)c1ccc(Cl)cn1. The highest BCUT2D eigenvalue weighted by Crippen LogP contribution is 2.18. The molecule has 0 radical (unpaired) electrons. The van der Waals surface area contributed by atoms with Gasteiger partial charge in [-0.15, -0.1) is 0 Å². The van der Waals surface area contributed by atoms with Crippen molar-refractivity contribution in [3.8, 4) is 0 Å². The Morgan fingerprint density at radius 1 is 1.37 bits per heavy atom. The molecule has 1 aromatic heterocycles. The molecule has 2 N–H and O–H groups in total. The summed E-state index contributed by atoms with van der Waals surface area (Å²) in [7, 11) is 0. The van der Waals surface area contributed by atoms with Crippen LogP contribution in [0, 0.1) is 6.92 Å². The van der Waals surface area contributed by atoms with Crippen molar-refractivity contribution in [3.05, 3.63) is 58.4 Å². The monoisotopic (exact) mass is 276 g/mol. The molecular weight excluding hydrogens is 264 g/mol. The molecule has 2 rings (SSSR count). The van der Waals surface area contributed by atoms with Gasteiger partial charge in [-0.05, 0) is 36.2 Å². The van der Waals surface area contributed by atoms with E-state index in [0.717, 1.165) is 11.1 Å². The maximum Gasteiger partial charge on any atom is 0.274 e. The molecule has 0 spiro atoms. The van der Waals surface area contributed by atoms with Crippen LogP contribution in [-0.4, -0.2) is 16.0 Å². The predicted molar refractivity (Wildman–Crippen MR) is 74.3 cm³/mol. The molecule has 0 aliphatic rings. The molecule has 0 saturated heterocycles. The number of pyridine rings is 1. The first-order chi connectivity index (χ1) is 9.10. The Balaban J connectivity index is 2.21. The normalized spacial score (nSPS) is 10.3. The van der Waals surface area contributed by atoms with E-state index in [1.54, 1.807) is 18.2 Å². The highest BCUT2D eigenvalue weighted by Gasteiger charge is 2.09. The topological polar surface area (TPSA) is 62.2 Å². The number of anilines is 1. The fourth-order valence-electron chi connectivity index (χ4n) is 1.60. The Bertz CT molecular complexity index is 597. The minimum atomic E-state index is -0.310. The number of nitrogens with zero attached hydrogens (tertiary/aromatic N) is 1. The van der Waals surface area contributed by atoms with Crippen LogP contribution in [0.25, 0.3) is 0 Å². The summed E-state index contributed by atoms with van der Waals surface area (Å²) in [6.07, 6.45) is 1.42. The van der Waals surface area contributed by atoms with Gasteiger partial charge in [-0.25, -0.2) is 4.98 Å². The van der Waals surface area contributed by atoms with Gasteiger partial charge >= 0.3 is 0 Å². The van der Waals surface area contributed by atoms with E-state index in [0.29, 0.717) is 16.4 Å². The molecule has 0 saturated carbocycles. The second-order valence-corrected chi connectivity index (χ2v) is 4.56. The molecule has 0 aliphatic carbocycles. The highest BCUT2D eigenvalue weighted by atomic mass is 35.5. The molecule has 98 valence electrons. The molecule has 0 bridgehead atoms. The molecule has 4 nitrogen and oxygen atoms in total. The highest BCUT2D eigenvalue weighted by molar-refractivity contribution is 6.30. The average molecular weight is 277 g/mol. The molecule has 1 aromatic carbocycles. The van der Waals surface area contributed by atoms with Gasteiger partial charge in [0.25, 0.3) is 5.91 Å². The molecule has 1 heterocycles. The maximum atomic E-state index is 12.0. The number of aromatic nitrogens is 1. The lowest BCUT2D eigenvalue weighted by Crippen LogP contribution is -2.14. The van der Waals surface area contributed by atoms with Gasteiger partial charge in [-0.1, -0.05) is 23.7 Å². The van der Waals surface area contributed by atoms with Crippen molar-refractivity contribution in [3.63, 3.8) is 0 Å². The molecule has 2 aromatic rings. The van der Waals surface area contributed by atoms with Crippen LogP contribution in [0.4, 0.5) is 5.69 Å². The number of rotatable bonds is 3. The van der Waals surface area contributed by atoms with Crippen molar-refractivity contribution >= 4 is 23.2 Å². The maximum absolute atomic E-state index is 12.0. The van der Waals surface area contributed by atoms with E-state index in [1.165, 1.54) is 6.20 Å². The Labute approximate surface area is 116 Å². The molecule has 0 unspecified atom stereocenters. The van der Waals surface area contributed by atoms with Crippen molar-refractivity contribution in [2.45, 2.75) is 13.5 Å². The number of carbonyl (C=O) groups excluding carboxylic acids is 1. The van der Waals surface area contributed by atoms with Crippen LogP contribution in [0.15, 0.2) is 36.5 Å². The van der Waals surface area contributed by atoms with E-state index < -0.39 is 0 Å². The van der Waals surface area contributed by atoms with E-state index >= 15 is 0 Å². The molecule has 1 amide bonds. The Morgan fingerprint density at radius 2 is 2.16 bits per heavy atom. The number of carbonyl (C=O) groups is 1. The van der Waals surface area contributed by atoms with Gasteiger partial charge in [0.2, 0.25) is 0 Å². The lowest BCUT2D eigenvalue weighted by atomic mass is 10.1. The number of hydrogen-bond acceptors (Lipinski definition) is 3. The molecule has 19 heavy (non-hydrogen) atoms. The second-order valence-electron chi connectivity index (χ2n) is 4.12. The standard InChI is InChI=1S/C14H13ClN2O2/c1-9-2-3-10(8-18)6-13(9)17-14(19)12-5-4-11(15)7-16-12/h2-7,18H,8H2,1H3,(H,17,19). The van der Waals surface area contributed by atoms with Gasteiger partial charge in [-0.2, -0.15) is 0 Å².